The van der Waals surface area contributed by atoms with E-state index in [1.54, 1.807) is 0 Å². The van der Waals surface area contributed by atoms with Crippen molar-refractivity contribution < 1.29 is 9.90 Å². The first-order valence-corrected chi connectivity index (χ1v) is 12.8. The zero-order valence-corrected chi connectivity index (χ0v) is 22.7. The van der Waals surface area contributed by atoms with E-state index >= 15 is 0 Å². The van der Waals surface area contributed by atoms with Gasteiger partial charge < -0.3 is 9.67 Å². The predicted octanol–water partition coefficient (Wildman–Crippen LogP) is 8.35. The summed E-state index contributed by atoms with van der Waals surface area (Å²) in [6.45, 7) is 19.3. The Kier molecular flexibility index (Phi) is 8.87. The molecule has 1 N–H and O–H groups in total. The molecule has 0 saturated heterocycles. The molecule has 0 aliphatic heterocycles. The van der Waals surface area contributed by atoms with Gasteiger partial charge in [0.15, 0.2) is 0 Å². The van der Waals surface area contributed by atoms with Gasteiger partial charge in [-0.15, -0.1) is 11.8 Å². The van der Waals surface area contributed by atoms with E-state index in [0.29, 0.717) is 6.42 Å². The summed E-state index contributed by atoms with van der Waals surface area (Å²) in [5.74, 6) is -0.763. The Morgan fingerprint density at radius 3 is 2.33 bits per heavy atom. The molecule has 0 bridgehead atoms. The van der Waals surface area contributed by atoms with Gasteiger partial charge in [-0.2, -0.15) is 0 Å². The van der Waals surface area contributed by atoms with E-state index < -0.39 is 11.4 Å². The van der Waals surface area contributed by atoms with Crippen LogP contribution in [0.1, 0.15) is 73.1 Å². The molecule has 0 fully saturated rings. The zero-order chi connectivity index (χ0) is 25.0. The van der Waals surface area contributed by atoms with Crippen LogP contribution in [0.5, 0.6) is 0 Å². The number of carboxylic acids is 1. The average Bonchev–Trinajstić information content (AvgIpc) is 2.85. The number of carboxylic acid groups (broad SMARTS) is 1. The minimum Gasteiger partial charge on any atom is -0.481 e. The third kappa shape index (κ3) is 6.89. The Morgan fingerprint density at radius 2 is 1.73 bits per heavy atom. The van der Waals surface area contributed by atoms with E-state index in [1.807, 2.05) is 39.5 Å². The monoisotopic (exact) mass is 467 g/mol. The van der Waals surface area contributed by atoms with E-state index in [-0.39, 0.29) is 4.75 Å². The lowest BCUT2D eigenvalue weighted by atomic mass is 9.88. The van der Waals surface area contributed by atoms with Crippen LogP contribution in [0.15, 0.2) is 58.5 Å². The summed E-state index contributed by atoms with van der Waals surface area (Å²) in [6.07, 6.45) is 10.3. The third-order valence-corrected chi connectivity index (χ3v) is 6.86. The summed E-state index contributed by atoms with van der Waals surface area (Å²) < 4.78 is 2.37. The van der Waals surface area contributed by atoms with Crippen molar-refractivity contribution in [2.24, 2.45) is 5.41 Å². The van der Waals surface area contributed by atoms with Crippen molar-refractivity contribution in [1.82, 2.24) is 4.57 Å². The fourth-order valence-corrected chi connectivity index (χ4v) is 5.02. The van der Waals surface area contributed by atoms with Gasteiger partial charge in [-0.1, -0.05) is 76.1 Å². The van der Waals surface area contributed by atoms with E-state index in [0.717, 1.165) is 18.7 Å². The molecule has 3 nitrogen and oxygen atoms in total. The lowest BCUT2D eigenvalue weighted by molar-refractivity contribution is -0.146. The van der Waals surface area contributed by atoms with Crippen molar-refractivity contribution >= 4 is 28.6 Å². The summed E-state index contributed by atoms with van der Waals surface area (Å²) in [6, 6.07) is 6.60. The Morgan fingerprint density at radius 1 is 1.06 bits per heavy atom. The Bertz CT molecular complexity index is 1090. The van der Waals surface area contributed by atoms with Gasteiger partial charge in [0, 0.05) is 39.2 Å². The summed E-state index contributed by atoms with van der Waals surface area (Å²) >= 11 is 1.84. The van der Waals surface area contributed by atoms with Crippen molar-refractivity contribution in [3.63, 3.8) is 0 Å². The second-order valence-electron chi connectivity index (χ2n) is 10.3. The normalized spacial score (nSPS) is 14.3. The second kappa shape index (κ2) is 10.8. The number of thioether (sulfide) groups is 1. The molecule has 0 amide bonds. The van der Waals surface area contributed by atoms with Crippen LogP contribution < -0.4 is 0 Å². The number of aryl methyl sites for hydroxylation is 1. The van der Waals surface area contributed by atoms with Gasteiger partial charge in [0.1, 0.15) is 0 Å². The van der Waals surface area contributed by atoms with Gasteiger partial charge in [-0.05, 0) is 51.8 Å². The summed E-state index contributed by atoms with van der Waals surface area (Å²) in [5.41, 5.74) is 5.20. The molecule has 180 valence electrons. The zero-order valence-electron chi connectivity index (χ0n) is 21.9. The molecule has 1 aliphatic rings. The number of allylic oxidation sites excluding steroid dienone is 6. The molecule has 0 spiro atoms. The molecule has 2 aromatic rings. The largest absolute Gasteiger partial charge is 0.481 e. The average molecular weight is 468 g/mol. The Hall–Kier alpha value is -2.20. The highest BCUT2D eigenvalue weighted by molar-refractivity contribution is 8.00. The van der Waals surface area contributed by atoms with E-state index in [1.165, 1.54) is 32.5 Å². The molecule has 1 heterocycles. The van der Waals surface area contributed by atoms with Gasteiger partial charge in [0.05, 0.1) is 5.41 Å². The van der Waals surface area contributed by atoms with Gasteiger partial charge in [-0.25, -0.2) is 0 Å². The molecule has 1 aliphatic carbocycles. The van der Waals surface area contributed by atoms with Crippen LogP contribution in [0.25, 0.3) is 10.9 Å². The minimum atomic E-state index is -0.847. The number of carbonyl (C=O) groups is 1. The first kappa shape index (κ1) is 27.0. The predicted molar refractivity (Wildman–Crippen MR) is 144 cm³/mol. The molecular weight excluding hydrogens is 426 g/mol. The molecule has 3 rings (SSSR count). The van der Waals surface area contributed by atoms with Crippen molar-refractivity contribution in [2.45, 2.75) is 91.3 Å². The van der Waals surface area contributed by atoms with Crippen LogP contribution in [-0.4, -0.2) is 20.4 Å². The van der Waals surface area contributed by atoms with Crippen molar-refractivity contribution in [3.05, 3.63) is 64.9 Å². The van der Waals surface area contributed by atoms with E-state index in [9.17, 15) is 9.90 Å². The summed E-state index contributed by atoms with van der Waals surface area (Å²) in [4.78, 5) is 13.2. The standard InChI is InChI=1S/C27H35NO2S.C2H6/c1-18-9-8-10-20(13-11-18)17-28-22-14-12-19(2)15-21(22)24(31-26(3,4)5)23(28)16-27(6,7)25(29)30;1-2/h9-15H,8,16-17H2,1-7H3,(H,29,30);1-2H3. The van der Waals surface area contributed by atoms with Crippen molar-refractivity contribution in [2.75, 3.05) is 0 Å². The first-order chi connectivity index (χ1) is 15.4. The molecule has 0 saturated carbocycles. The van der Waals surface area contributed by atoms with Gasteiger partial charge in [0.25, 0.3) is 0 Å². The number of rotatable bonds is 6. The molecule has 0 atom stereocenters. The maximum atomic E-state index is 12.0. The van der Waals surface area contributed by atoms with Crippen LogP contribution >= 0.6 is 11.8 Å². The van der Waals surface area contributed by atoms with Gasteiger partial charge in [0.2, 0.25) is 0 Å². The number of aromatic nitrogens is 1. The minimum absolute atomic E-state index is 0.0213. The van der Waals surface area contributed by atoms with Gasteiger partial charge in [-0.3, -0.25) is 4.79 Å². The highest BCUT2D eigenvalue weighted by Gasteiger charge is 2.32. The smallest absolute Gasteiger partial charge is 0.309 e. The molecular formula is C29H41NO2S. The summed E-state index contributed by atoms with van der Waals surface area (Å²) in [5, 5.41) is 11.1. The van der Waals surface area contributed by atoms with E-state index in [2.05, 4.69) is 81.7 Å². The Labute approximate surface area is 204 Å². The summed E-state index contributed by atoms with van der Waals surface area (Å²) in [7, 11) is 0. The quantitative estimate of drug-likeness (QED) is 0.434. The lowest BCUT2D eigenvalue weighted by Gasteiger charge is -2.24. The van der Waals surface area contributed by atoms with Crippen molar-refractivity contribution in [3.8, 4) is 0 Å². The van der Waals surface area contributed by atoms with Crippen LogP contribution in [-0.2, 0) is 17.8 Å². The maximum absolute atomic E-state index is 12.0. The molecule has 4 heteroatoms. The SMILES string of the molecule is CC.CC1=CCC=C(Cn2c(CC(C)(C)C(=O)O)c(SC(C)(C)C)c3cc(C)ccc32)C=C1. The van der Waals surface area contributed by atoms with E-state index in [4.69, 9.17) is 0 Å². The molecule has 33 heavy (non-hydrogen) atoms. The second-order valence-corrected chi connectivity index (χ2v) is 12.1. The number of hydrogen-bond acceptors (Lipinski definition) is 2. The van der Waals surface area contributed by atoms with Crippen LogP contribution in [0.4, 0.5) is 0 Å². The Balaban J connectivity index is 0.00000187. The highest BCUT2D eigenvalue weighted by Crippen LogP contribution is 2.43. The number of hydrogen-bond donors (Lipinski definition) is 1. The molecule has 0 unspecified atom stereocenters. The number of nitrogens with zero attached hydrogens (tertiary/aromatic N) is 1. The van der Waals surface area contributed by atoms with Gasteiger partial charge >= 0.3 is 5.97 Å². The number of fused-ring (bicyclic) bond motifs is 1. The maximum Gasteiger partial charge on any atom is 0.309 e. The van der Waals surface area contributed by atoms with Crippen LogP contribution in [0.3, 0.4) is 0 Å². The van der Waals surface area contributed by atoms with Crippen molar-refractivity contribution in [1.29, 1.82) is 0 Å². The van der Waals surface area contributed by atoms with Crippen LogP contribution in [0, 0.1) is 12.3 Å². The third-order valence-electron chi connectivity index (χ3n) is 5.59. The molecule has 1 aromatic carbocycles. The van der Waals surface area contributed by atoms with Crippen LogP contribution in [0.2, 0.25) is 0 Å². The first-order valence-electron chi connectivity index (χ1n) is 12.0. The lowest BCUT2D eigenvalue weighted by Crippen LogP contribution is -2.28. The molecule has 0 radical (unpaired) electrons. The fraction of sp³-hybridized carbons (Fsp3) is 0.483. The molecule has 1 aromatic heterocycles. The topological polar surface area (TPSA) is 42.2 Å². The highest BCUT2D eigenvalue weighted by atomic mass is 32.2. The fourth-order valence-electron chi connectivity index (χ4n) is 3.83. The number of benzene rings is 1. The number of aliphatic carboxylic acids is 1.